The molecule has 0 spiro atoms. The van der Waals surface area contributed by atoms with Gasteiger partial charge in [-0.1, -0.05) is 0 Å². The summed E-state index contributed by atoms with van der Waals surface area (Å²) in [6.45, 7) is 7.05. The third kappa shape index (κ3) is 4.83. The highest BCUT2D eigenvalue weighted by Crippen LogP contribution is 2.26. The van der Waals surface area contributed by atoms with Crippen molar-refractivity contribution in [1.29, 1.82) is 0 Å². The van der Waals surface area contributed by atoms with E-state index in [4.69, 9.17) is 4.74 Å². The fourth-order valence-corrected chi connectivity index (χ4v) is 2.25. The number of carbonyl (C=O) groups excluding carboxylic acids is 1. The Morgan fingerprint density at radius 2 is 1.90 bits per heavy atom. The summed E-state index contributed by atoms with van der Waals surface area (Å²) in [4.78, 5) is 10.7. The van der Waals surface area contributed by atoms with Gasteiger partial charge in [0.2, 0.25) is 5.91 Å². The van der Waals surface area contributed by atoms with Crippen molar-refractivity contribution in [2.45, 2.75) is 26.9 Å². The highest BCUT2D eigenvalue weighted by Gasteiger charge is 2.14. The molecule has 0 aliphatic carbocycles. The van der Waals surface area contributed by atoms with E-state index >= 15 is 0 Å². The predicted octanol–water partition coefficient (Wildman–Crippen LogP) is 1.07. The molecule has 1 atom stereocenters. The smallest absolute Gasteiger partial charge is 0.216 e. The van der Waals surface area contributed by atoms with Gasteiger partial charge in [0.1, 0.15) is 5.75 Å². The number of hydrogen-bond donors (Lipinski definition) is 3. The van der Waals surface area contributed by atoms with Crippen molar-refractivity contribution in [1.82, 2.24) is 10.6 Å². The van der Waals surface area contributed by atoms with Gasteiger partial charge in [0, 0.05) is 26.6 Å². The van der Waals surface area contributed by atoms with Crippen LogP contribution in [0.5, 0.6) is 5.75 Å². The molecule has 0 aromatic heterocycles. The van der Waals surface area contributed by atoms with Crippen LogP contribution >= 0.6 is 0 Å². The minimum Gasteiger partial charge on any atom is -0.497 e. The zero-order valence-electron chi connectivity index (χ0n) is 12.6. The van der Waals surface area contributed by atoms with E-state index < -0.39 is 6.10 Å². The van der Waals surface area contributed by atoms with Crippen molar-refractivity contribution in [2.24, 2.45) is 0 Å². The average molecular weight is 280 g/mol. The largest absolute Gasteiger partial charge is 0.497 e. The summed E-state index contributed by atoms with van der Waals surface area (Å²) in [6.07, 6.45) is -0.571. The van der Waals surface area contributed by atoms with Gasteiger partial charge in [-0.3, -0.25) is 4.79 Å². The van der Waals surface area contributed by atoms with Gasteiger partial charge in [-0.25, -0.2) is 0 Å². The average Bonchev–Trinajstić information content (AvgIpc) is 2.36. The molecule has 0 aliphatic rings. The Hall–Kier alpha value is -1.59. The van der Waals surface area contributed by atoms with E-state index in [1.807, 2.05) is 26.0 Å². The molecule has 0 heterocycles. The molecule has 0 saturated heterocycles. The quantitative estimate of drug-likeness (QED) is 0.653. The number of hydrogen-bond acceptors (Lipinski definition) is 4. The Morgan fingerprint density at radius 3 is 2.40 bits per heavy atom. The molecule has 5 nitrogen and oxygen atoms in total. The molecule has 0 fully saturated rings. The Bertz CT molecular complexity index is 437. The van der Waals surface area contributed by atoms with E-state index in [-0.39, 0.29) is 5.91 Å². The first-order valence-electron chi connectivity index (χ1n) is 6.74. The standard InChI is InChI=1S/C15H24N2O3/c1-10-7-13(20-4)8-11(2)15(10)14(19)9-16-5-6-17-12(3)18/h7-8,14,16,19H,5-6,9H2,1-4H3,(H,17,18). The van der Waals surface area contributed by atoms with Crippen LogP contribution < -0.4 is 15.4 Å². The van der Waals surface area contributed by atoms with E-state index in [1.165, 1.54) is 6.92 Å². The van der Waals surface area contributed by atoms with Crippen LogP contribution in [0.1, 0.15) is 29.7 Å². The van der Waals surface area contributed by atoms with Gasteiger partial charge >= 0.3 is 0 Å². The van der Waals surface area contributed by atoms with E-state index in [9.17, 15) is 9.90 Å². The number of nitrogens with one attached hydrogen (secondary N) is 2. The number of carbonyl (C=O) groups is 1. The van der Waals surface area contributed by atoms with E-state index in [0.717, 1.165) is 22.4 Å². The van der Waals surface area contributed by atoms with Crippen molar-refractivity contribution < 1.29 is 14.6 Å². The van der Waals surface area contributed by atoms with Crippen LogP contribution in [0.4, 0.5) is 0 Å². The summed E-state index contributed by atoms with van der Waals surface area (Å²) < 4.78 is 5.21. The maximum Gasteiger partial charge on any atom is 0.216 e. The Kier molecular flexibility index (Phi) is 6.48. The molecule has 5 heteroatoms. The summed E-state index contributed by atoms with van der Waals surface area (Å²) in [6, 6.07) is 3.84. The van der Waals surface area contributed by atoms with Crippen LogP contribution in [0.3, 0.4) is 0 Å². The minimum atomic E-state index is -0.571. The molecule has 1 amide bonds. The fraction of sp³-hybridized carbons (Fsp3) is 0.533. The zero-order valence-corrected chi connectivity index (χ0v) is 12.6. The summed E-state index contributed by atoms with van der Waals surface area (Å²) in [5.74, 6) is 0.753. The lowest BCUT2D eigenvalue weighted by atomic mass is 9.97. The third-order valence-corrected chi connectivity index (χ3v) is 3.15. The van der Waals surface area contributed by atoms with Crippen LogP contribution in [-0.2, 0) is 4.79 Å². The molecule has 1 rings (SSSR count). The maximum atomic E-state index is 10.7. The Balaban J connectivity index is 2.55. The normalized spacial score (nSPS) is 12.1. The number of amides is 1. The van der Waals surface area contributed by atoms with Crippen LogP contribution in [0.15, 0.2) is 12.1 Å². The van der Waals surface area contributed by atoms with Gasteiger partial charge in [0.05, 0.1) is 13.2 Å². The van der Waals surface area contributed by atoms with E-state index in [0.29, 0.717) is 19.6 Å². The van der Waals surface area contributed by atoms with Crippen molar-refractivity contribution >= 4 is 5.91 Å². The second-order valence-electron chi connectivity index (χ2n) is 4.88. The lowest BCUT2D eigenvalue weighted by Gasteiger charge is -2.18. The molecular formula is C15H24N2O3. The van der Waals surface area contributed by atoms with Gasteiger partial charge in [0.25, 0.3) is 0 Å². The van der Waals surface area contributed by atoms with E-state index in [1.54, 1.807) is 7.11 Å². The molecule has 0 saturated carbocycles. The minimum absolute atomic E-state index is 0.0470. The molecule has 0 bridgehead atoms. The lowest BCUT2D eigenvalue weighted by molar-refractivity contribution is -0.118. The van der Waals surface area contributed by atoms with Crippen molar-refractivity contribution in [2.75, 3.05) is 26.7 Å². The number of rotatable bonds is 7. The van der Waals surface area contributed by atoms with Gasteiger partial charge in [0.15, 0.2) is 0 Å². The number of methoxy groups -OCH3 is 1. The van der Waals surface area contributed by atoms with E-state index in [2.05, 4.69) is 10.6 Å². The van der Waals surface area contributed by atoms with Crippen LogP contribution in [0.25, 0.3) is 0 Å². The molecule has 1 unspecified atom stereocenters. The molecule has 1 aromatic carbocycles. The Labute approximate surface area is 120 Å². The van der Waals surface area contributed by atoms with Crippen LogP contribution in [0, 0.1) is 13.8 Å². The monoisotopic (exact) mass is 280 g/mol. The third-order valence-electron chi connectivity index (χ3n) is 3.15. The van der Waals surface area contributed by atoms with Gasteiger partial charge < -0.3 is 20.5 Å². The molecule has 3 N–H and O–H groups in total. The second kappa shape index (κ2) is 7.87. The fourth-order valence-electron chi connectivity index (χ4n) is 2.25. The van der Waals surface area contributed by atoms with Gasteiger partial charge in [-0.05, 0) is 42.7 Å². The molecular weight excluding hydrogens is 256 g/mol. The SMILES string of the molecule is COc1cc(C)c(C(O)CNCCNC(C)=O)c(C)c1. The number of aliphatic hydroxyl groups excluding tert-OH is 1. The first kappa shape index (κ1) is 16.5. The number of ether oxygens (including phenoxy) is 1. The summed E-state index contributed by atoms with van der Waals surface area (Å²) in [5, 5.41) is 16.1. The second-order valence-corrected chi connectivity index (χ2v) is 4.88. The number of benzene rings is 1. The first-order chi connectivity index (χ1) is 9.45. The molecule has 0 radical (unpaired) electrons. The van der Waals surface area contributed by atoms with Crippen LogP contribution in [0.2, 0.25) is 0 Å². The molecule has 0 aliphatic heterocycles. The summed E-state index contributed by atoms with van der Waals surface area (Å²) in [5.41, 5.74) is 2.95. The summed E-state index contributed by atoms with van der Waals surface area (Å²) >= 11 is 0. The first-order valence-corrected chi connectivity index (χ1v) is 6.74. The molecule has 112 valence electrons. The van der Waals surface area contributed by atoms with Crippen molar-refractivity contribution in [3.8, 4) is 5.75 Å². The van der Waals surface area contributed by atoms with Crippen molar-refractivity contribution in [3.63, 3.8) is 0 Å². The predicted molar refractivity (Wildman–Crippen MR) is 79.0 cm³/mol. The van der Waals surface area contributed by atoms with Crippen molar-refractivity contribution in [3.05, 3.63) is 28.8 Å². The van der Waals surface area contributed by atoms with Gasteiger partial charge in [-0.2, -0.15) is 0 Å². The maximum absolute atomic E-state index is 10.7. The summed E-state index contributed by atoms with van der Waals surface area (Å²) in [7, 11) is 1.63. The molecule has 20 heavy (non-hydrogen) atoms. The van der Waals surface area contributed by atoms with Gasteiger partial charge in [-0.15, -0.1) is 0 Å². The number of aryl methyl sites for hydroxylation is 2. The van der Waals surface area contributed by atoms with Crippen LogP contribution in [-0.4, -0.2) is 37.8 Å². The molecule has 1 aromatic rings. The highest BCUT2D eigenvalue weighted by atomic mass is 16.5. The topological polar surface area (TPSA) is 70.6 Å². The number of aliphatic hydroxyl groups is 1. The zero-order chi connectivity index (χ0) is 15.1. The lowest BCUT2D eigenvalue weighted by Crippen LogP contribution is -2.32. The highest BCUT2D eigenvalue weighted by molar-refractivity contribution is 5.72. The Morgan fingerprint density at radius 1 is 1.30 bits per heavy atom.